The van der Waals surface area contributed by atoms with Crippen molar-refractivity contribution in [1.82, 2.24) is 20.1 Å². The minimum Gasteiger partial charge on any atom is -0.489 e. The highest BCUT2D eigenvalue weighted by Crippen LogP contribution is 2.30. The molecule has 7 nitrogen and oxygen atoms in total. The van der Waals surface area contributed by atoms with Crippen molar-refractivity contribution >= 4 is 28.8 Å². The Kier molecular flexibility index (Phi) is 6.80. The van der Waals surface area contributed by atoms with E-state index in [0.29, 0.717) is 11.4 Å². The number of benzene rings is 2. The number of fused-ring (bicyclic) bond motifs is 1. The predicted molar refractivity (Wildman–Crippen MR) is 128 cm³/mol. The molecule has 1 aromatic heterocycles. The first-order chi connectivity index (χ1) is 15.6. The molecule has 0 bridgehead atoms. The van der Waals surface area contributed by atoms with Crippen LogP contribution in [0.1, 0.15) is 41.8 Å². The first-order valence-electron chi connectivity index (χ1n) is 10.8. The van der Waals surface area contributed by atoms with Crippen molar-refractivity contribution in [3.8, 4) is 5.75 Å². The van der Waals surface area contributed by atoms with E-state index in [4.69, 9.17) is 17.0 Å². The Morgan fingerprint density at radius 2 is 1.94 bits per heavy atom. The van der Waals surface area contributed by atoms with Gasteiger partial charge in [0.2, 0.25) is 5.82 Å². The number of nitrogens with zero attached hydrogens (tertiary/aromatic N) is 4. The van der Waals surface area contributed by atoms with E-state index in [-0.39, 0.29) is 18.3 Å². The second kappa shape index (κ2) is 9.91. The molecule has 1 N–H and O–H groups in total. The molecule has 0 fully saturated rings. The van der Waals surface area contributed by atoms with Crippen LogP contribution in [0.4, 0.5) is 5.69 Å². The highest BCUT2D eigenvalue weighted by atomic mass is 32.1. The van der Waals surface area contributed by atoms with Gasteiger partial charge in [-0.05, 0) is 24.1 Å². The zero-order chi connectivity index (χ0) is 22.5. The summed E-state index contributed by atoms with van der Waals surface area (Å²) in [6, 6.07) is 17.3. The van der Waals surface area contributed by atoms with Crippen LogP contribution in [-0.2, 0) is 13.0 Å². The highest BCUT2D eigenvalue weighted by Gasteiger charge is 2.29. The molecule has 4 rings (SSSR count). The molecule has 0 saturated heterocycles. The normalized spacial score (nSPS) is 15.6. The maximum absolute atomic E-state index is 13.1. The average Bonchev–Trinajstić information content (AvgIpc) is 3.17. The smallest absolute Gasteiger partial charge is 0.291 e. The van der Waals surface area contributed by atoms with E-state index in [2.05, 4.69) is 22.3 Å². The van der Waals surface area contributed by atoms with Gasteiger partial charge in [0, 0.05) is 20.0 Å². The van der Waals surface area contributed by atoms with Gasteiger partial charge in [0.25, 0.3) is 5.91 Å². The van der Waals surface area contributed by atoms with Crippen LogP contribution < -0.4 is 15.0 Å². The number of carbonyl (C=O) groups is 1. The Morgan fingerprint density at radius 1 is 1.19 bits per heavy atom. The van der Waals surface area contributed by atoms with Gasteiger partial charge in [0.1, 0.15) is 29.2 Å². The number of thiocarbonyl (C=S) groups is 1. The molecule has 1 aliphatic heterocycles. The van der Waals surface area contributed by atoms with E-state index in [1.807, 2.05) is 71.2 Å². The molecule has 32 heavy (non-hydrogen) atoms. The topological polar surface area (TPSA) is 72.3 Å². The fourth-order valence-electron chi connectivity index (χ4n) is 3.65. The van der Waals surface area contributed by atoms with Crippen LogP contribution in [-0.4, -0.2) is 45.4 Å². The summed E-state index contributed by atoms with van der Waals surface area (Å²) >= 11 is 5.64. The van der Waals surface area contributed by atoms with E-state index in [9.17, 15) is 4.79 Å². The average molecular weight is 450 g/mol. The van der Waals surface area contributed by atoms with E-state index in [0.717, 1.165) is 42.2 Å². The number of rotatable bonds is 7. The molecule has 0 unspecified atom stereocenters. The number of carbonyl (C=O) groups excluding carboxylic acids is 1. The number of likely N-dealkylation sites (N-methyl/N-ethyl adjacent to an activating group) is 1. The van der Waals surface area contributed by atoms with E-state index < -0.39 is 6.04 Å². The van der Waals surface area contributed by atoms with Crippen LogP contribution in [0.5, 0.6) is 5.75 Å². The summed E-state index contributed by atoms with van der Waals surface area (Å²) in [6.07, 6.45) is 2.62. The van der Waals surface area contributed by atoms with Gasteiger partial charge in [-0.25, -0.2) is 9.67 Å². The van der Waals surface area contributed by atoms with E-state index in [1.54, 1.807) is 0 Å². The quantitative estimate of drug-likeness (QED) is 0.556. The summed E-state index contributed by atoms with van der Waals surface area (Å²) in [4.78, 5) is 20.1. The lowest BCUT2D eigenvalue weighted by Crippen LogP contribution is -2.48. The molecule has 0 radical (unpaired) electrons. The number of hydrogen-bond acceptors (Lipinski definition) is 5. The third-order valence-electron chi connectivity index (χ3n) is 5.45. The molecule has 166 valence electrons. The Bertz CT molecular complexity index is 1100. The minimum absolute atomic E-state index is 0.152. The number of amides is 1. The summed E-state index contributed by atoms with van der Waals surface area (Å²) in [5, 5.41) is 7.48. The first kappa shape index (κ1) is 22.0. The molecule has 0 saturated carbocycles. The summed E-state index contributed by atoms with van der Waals surface area (Å²) in [7, 11) is 1.88. The molecule has 2 aromatic carbocycles. The number of unbranched alkanes of at least 4 members (excludes halogenated alkanes) is 1. The van der Waals surface area contributed by atoms with Crippen molar-refractivity contribution < 1.29 is 9.53 Å². The number of ether oxygens (including phenoxy) is 1. The summed E-state index contributed by atoms with van der Waals surface area (Å²) in [6.45, 7) is 3.10. The number of anilines is 1. The van der Waals surface area contributed by atoms with Crippen LogP contribution in [0.25, 0.3) is 0 Å². The third kappa shape index (κ3) is 4.80. The SMILES string of the molecule is CCCCn1nc(C(=O)N[C@H]2COc3ccccc3N(C)C2=S)nc1Cc1ccccc1. The molecule has 8 heteroatoms. The van der Waals surface area contributed by atoms with Crippen molar-refractivity contribution in [1.29, 1.82) is 0 Å². The number of nitrogens with one attached hydrogen (secondary N) is 1. The molecular formula is C24H27N5O2S. The second-order valence-electron chi connectivity index (χ2n) is 7.79. The molecule has 3 aromatic rings. The number of aryl methyl sites for hydroxylation is 1. The lowest BCUT2D eigenvalue weighted by Gasteiger charge is -2.23. The first-order valence-corrected chi connectivity index (χ1v) is 11.3. The summed E-state index contributed by atoms with van der Waals surface area (Å²) in [5.41, 5.74) is 2.00. The number of hydrogen-bond donors (Lipinski definition) is 1. The van der Waals surface area contributed by atoms with Gasteiger partial charge in [-0.3, -0.25) is 4.79 Å². The molecule has 1 aliphatic rings. The van der Waals surface area contributed by atoms with Crippen LogP contribution in [0, 0.1) is 0 Å². The van der Waals surface area contributed by atoms with Gasteiger partial charge in [-0.15, -0.1) is 5.10 Å². The van der Waals surface area contributed by atoms with Crippen molar-refractivity contribution in [2.24, 2.45) is 0 Å². The van der Waals surface area contributed by atoms with Crippen LogP contribution in [0.2, 0.25) is 0 Å². The van der Waals surface area contributed by atoms with Gasteiger partial charge in [-0.1, -0.05) is 68.0 Å². The predicted octanol–water partition coefficient (Wildman–Crippen LogP) is 3.62. The molecule has 0 spiro atoms. The molecule has 1 atom stereocenters. The maximum atomic E-state index is 13.1. The largest absolute Gasteiger partial charge is 0.489 e. The number of aromatic nitrogens is 3. The van der Waals surface area contributed by atoms with Crippen molar-refractivity contribution in [3.63, 3.8) is 0 Å². The highest BCUT2D eigenvalue weighted by molar-refractivity contribution is 7.80. The summed E-state index contributed by atoms with van der Waals surface area (Å²) < 4.78 is 7.75. The third-order valence-corrected chi connectivity index (χ3v) is 6.00. The maximum Gasteiger partial charge on any atom is 0.291 e. The standard InChI is InChI=1S/C24H27N5O2S/c1-3-4-14-29-21(15-17-10-6-5-7-11-17)26-22(27-29)23(30)25-18-16-31-20-13-9-8-12-19(20)28(2)24(18)32/h5-13,18H,3-4,14-16H2,1-2H3,(H,25,30)/t18-/m0/s1. The second-order valence-corrected chi connectivity index (χ2v) is 8.21. The zero-order valence-electron chi connectivity index (χ0n) is 18.3. The van der Waals surface area contributed by atoms with E-state index >= 15 is 0 Å². The molecule has 0 aliphatic carbocycles. The molecule has 2 heterocycles. The van der Waals surface area contributed by atoms with Crippen molar-refractivity contribution in [2.45, 2.75) is 38.8 Å². The van der Waals surface area contributed by atoms with E-state index in [1.165, 1.54) is 0 Å². The fourth-order valence-corrected chi connectivity index (χ4v) is 3.87. The van der Waals surface area contributed by atoms with Gasteiger partial charge in [0.15, 0.2) is 0 Å². The monoisotopic (exact) mass is 449 g/mol. The van der Waals surface area contributed by atoms with Crippen LogP contribution in [0.15, 0.2) is 54.6 Å². The van der Waals surface area contributed by atoms with Gasteiger partial charge >= 0.3 is 0 Å². The Morgan fingerprint density at radius 3 is 2.72 bits per heavy atom. The molecular weight excluding hydrogens is 422 g/mol. The fraction of sp³-hybridized carbons (Fsp3) is 0.333. The zero-order valence-corrected chi connectivity index (χ0v) is 19.1. The lowest BCUT2D eigenvalue weighted by molar-refractivity contribution is 0.0927. The van der Waals surface area contributed by atoms with Crippen molar-refractivity contribution in [2.75, 3.05) is 18.6 Å². The minimum atomic E-state index is -0.463. The lowest BCUT2D eigenvalue weighted by atomic mass is 10.1. The van der Waals surface area contributed by atoms with Gasteiger partial charge < -0.3 is 15.0 Å². The van der Waals surface area contributed by atoms with Crippen molar-refractivity contribution in [3.05, 3.63) is 71.8 Å². The Hall–Kier alpha value is -3.26. The van der Waals surface area contributed by atoms with Gasteiger partial charge in [-0.2, -0.15) is 0 Å². The van der Waals surface area contributed by atoms with Crippen LogP contribution in [0.3, 0.4) is 0 Å². The van der Waals surface area contributed by atoms with Crippen LogP contribution >= 0.6 is 12.2 Å². The molecule has 1 amide bonds. The Balaban J connectivity index is 1.52. The Labute approximate surface area is 193 Å². The van der Waals surface area contributed by atoms with Gasteiger partial charge in [0.05, 0.1) is 5.69 Å². The summed E-state index contributed by atoms with van der Waals surface area (Å²) in [5.74, 6) is 1.31. The number of para-hydroxylation sites is 2.